The number of amides is 1. The van der Waals surface area contributed by atoms with E-state index in [1.54, 1.807) is 19.1 Å². The van der Waals surface area contributed by atoms with Crippen molar-refractivity contribution in [2.75, 3.05) is 45.3 Å². The van der Waals surface area contributed by atoms with Crippen LogP contribution in [0.4, 0.5) is 16.0 Å². The summed E-state index contributed by atoms with van der Waals surface area (Å²) in [5, 5.41) is 0. The zero-order valence-electron chi connectivity index (χ0n) is 24.9. The summed E-state index contributed by atoms with van der Waals surface area (Å²) in [5.41, 5.74) is 7.18. The first kappa shape index (κ1) is 28.9. The van der Waals surface area contributed by atoms with Gasteiger partial charge in [0.25, 0.3) is 5.91 Å². The van der Waals surface area contributed by atoms with E-state index in [1.807, 2.05) is 35.9 Å². The number of rotatable bonds is 6. The van der Waals surface area contributed by atoms with Crippen molar-refractivity contribution >= 4 is 17.5 Å². The predicted octanol–water partition coefficient (Wildman–Crippen LogP) is 5.36. The number of piperazine rings is 1. The first-order chi connectivity index (χ1) is 20.2. The smallest absolute Gasteiger partial charge is 0.253 e. The van der Waals surface area contributed by atoms with E-state index >= 15 is 0 Å². The molecule has 3 aromatic carbocycles. The minimum absolute atomic E-state index is 0.105. The lowest BCUT2D eigenvalue weighted by Crippen LogP contribution is -2.50. The fourth-order valence-electron chi connectivity index (χ4n) is 5.42. The molecule has 1 amide bonds. The number of nitrogens with zero attached hydrogens (tertiary/aromatic N) is 5. The second-order valence-corrected chi connectivity index (χ2v) is 10.6. The topological polar surface area (TPSA) is 72.2 Å². The molecule has 218 valence electrons. The maximum absolute atomic E-state index is 13.4. The van der Waals surface area contributed by atoms with Gasteiger partial charge in [0, 0.05) is 50.4 Å². The number of carbonyl (C=O) groups excluding carboxylic acids is 1. The van der Waals surface area contributed by atoms with Crippen LogP contribution in [0.2, 0.25) is 0 Å². The van der Waals surface area contributed by atoms with Gasteiger partial charge in [0.05, 0.1) is 25.6 Å². The Labute approximate surface area is 245 Å². The van der Waals surface area contributed by atoms with Crippen LogP contribution in [-0.2, 0) is 7.05 Å². The minimum atomic E-state index is -0.360. The standard InChI is InChI=1S/C33H36FN5O3/c1-21-17-22(2)31(23(3)18-21)36-30-20-27(25-9-12-28(41-5)29(19-25)42-6)35-33(37(30)4)39-15-13-38(14-16-39)32(40)24-7-10-26(34)11-8-24/h7-12,17-20H,13-16H2,1-6H3/b36-30-. The van der Waals surface area contributed by atoms with E-state index in [0.29, 0.717) is 43.2 Å². The molecule has 1 aliphatic rings. The van der Waals surface area contributed by atoms with Gasteiger partial charge in [-0.25, -0.2) is 14.4 Å². The van der Waals surface area contributed by atoms with Gasteiger partial charge in [-0.15, -0.1) is 0 Å². The largest absolute Gasteiger partial charge is 0.493 e. The number of benzene rings is 3. The molecule has 1 fully saturated rings. The molecule has 2 heterocycles. The van der Waals surface area contributed by atoms with Gasteiger partial charge in [0.15, 0.2) is 11.5 Å². The number of aromatic nitrogens is 2. The van der Waals surface area contributed by atoms with Crippen LogP contribution in [0.3, 0.4) is 0 Å². The molecule has 4 aromatic rings. The number of hydrogen-bond acceptors (Lipinski definition) is 6. The Bertz CT molecular complexity index is 1670. The summed E-state index contributed by atoms with van der Waals surface area (Å²) in [6, 6.07) is 17.7. The first-order valence-corrected chi connectivity index (χ1v) is 13.9. The second kappa shape index (κ2) is 12.1. The number of ether oxygens (including phenoxy) is 2. The molecule has 0 aliphatic carbocycles. The van der Waals surface area contributed by atoms with E-state index in [2.05, 4.69) is 37.8 Å². The predicted molar refractivity (Wildman–Crippen MR) is 162 cm³/mol. The molecule has 1 aromatic heterocycles. The molecule has 8 nitrogen and oxygen atoms in total. The van der Waals surface area contributed by atoms with E-state index in [1.165, 1.54) is 29.8 Å². The number of carbonyl (C=O) groups is 1. The maximum Gasteiger partial charge on any atom is 0.253 e. The summed E-state index contributed by atoms with van der Waals surface area (Å²) < 4.78 is 26.4. The molecule has 0 atom stereocenters. The van der Waals surface area contributed by atoms with Gasteiger partial charge in [-0.05, 0) is 74.4 Å². The highest BCUT2D eigenvalue weighted by Crippen LogP contribution is 2.32. The normalized spacial score (nSPS) is 13.8. The number of halogens is 1. The van der Waals surface area contributed by atoms with Crippen LogP contribution in [0.15, 0.2) is 65.7 Å². The molecule has 0 radical (unpaired) electrons. The van der Waals surface area contributed by atoms with E-state index < -0.39 is 0 Å². The fourth-order valence-corrected chi connectivity index (χ4v) is 5.42. The van der Waals surface area contributed by atoms with Gasteiger partial charge in [-0.2, -0.15) is 0 Å². The van der Waals surface area contributed by atoms with Crippen molar-refractivity contribution in [2.45, 2.75) is 20.8 Å². The van der Waals surface area contributed by atoms with E-state index in [4.69, 9.17) is 19.5 Å². The Hall–Kier alpha value is -4.66. The van der Waals surface area contributed by atoms with Gasteiger partial charge in [0.1, 0.15) is 11.3 Å². The summed E-state index contributed by atoms with van der Waals surface area (Å²) in [6.45, 7) is 8.45. The molecule has 0 bridgehead atoms. The first-order valence-electron chi connectivity index (χ1n) is 13.9. The Morgan fingerprint density at radius 2 is 1.50 bits per heavy atom. The van der Waals surface area contributed by atoms with Crippen molar-refractivity contribution < 1.29 is 18.7 Å². The Balaban J connectivity index is 1.55. The van der Waals surface area contributed by atoms with Gasteiger partial charge in [-0.1, -0.05) is 17.7 Å². The molecule has 1 aliphatic heterocycles. The molecule has 0 N–H and O–H groups in total. The third-order valence-corrected chi connectivity index (χ3v) is 7.61. The molecule has 42 heavy (non-hydrogen) atoms. The summed E-state index contributed by atoms with van der Waals surface area (Å²) >= 11 is 0. The van der Waals surface area contributed by atoms with Crippen LogP contribution >= 0.6 is 0 Å². The summed E-state index contributed by atoms with van der Waals surface area (Å²) in [5.74, 6) is 1.54. The molecular formula is C33H36FN5O3. The van der Waals surface area contributed by atoms with Gasteiger partial charge in [-0.3, -0.25) is 9.36 Å². The van der Waals surface area contributed by atoms with Gasteiger partial charge >= 0.3 is 0 Å². The molecule has 0 unspecified atom stereocenters. The average Bonchev–Trinajstić information content (AvgIpc) is 2.99. The van der Waals surface area contributed by atoms with Gasteiger partial charge in [0.2, 0.25) is 5.95 Å². The monoisotopic (exact) mass is 569 g/mol. The van der Waals surface area contributed by atoms with Crippen LogP contribution in [0, 0.1) is 26.6 Å². The van der Waals surface area contributed by atoms with Crippen LogP contribution < -0.4 is 19.9 Å². The van der Waals surface area contributed by atoms with Crippen molar-refractivity contribution in [3.05, 3.63) is 94.2 Å². The van der Waals surface area contributed by atoms with E-state index in [9.17, 15) is 9.18 Å². The highest BCUT2D eigenvalue weighted by atomic mass is 19.1. The third kappa shape index (κ3) is 5.86. The molecule has 0 saturated carbocycles. The van der Waals surface area contributed by atoms with Crippen molar-refractivity contribution in [3.8, 4) is 22.8 Å². The Morgan fingerprint density at radius 1 is 0.857 bits per heavy atom. The van der Waals surface area contributed by atoms with Crippen molar-refractivity contribution in [2.24, 2.45) is 12.0 Å². The summed E-state index contributed by atoms with van der Waals surface area (Å²) in [7, 11) is 5.19. The van der Waals surface area contributed by atoms with Gasteiger partial charge < -0.3 is 19.3 Å². The lowest BCUT2D eigenvalue weighted by atomic mass is 10.1. The second-order valence-electron chi connectivity index (χ2n) is 10.6. The summed E-state index contributed by atoms with van der Waals surface area (Å²) in [6.07, 6.45) is 0. The van der Waals surface area contributed by atoms with E-state index in [-0.39, 0.29) is 11.7 Å². The van der Waals surface area contributed by atoms with Crippen LogP contribution in [0.5, 0.6) is 11.5 Å². The maximum atomic E-state index is 13.4. The van der Waals surface area contributed by atoms with Crippen LogP contribution in [-0.4, -0.2) is 60.8 Å². The molecule has 9 heteroatoms. The SMILES string of the molecule is COc1ccc(-c2c/c(=N/c3c(C)cc(C)cc3C)n(C)c(N3CCN(C(=O)c4ccc(F)cc4)CC3)n2)cc1OC. The Morgan fingerprint density at radius 3 is 2.12 bits per heavy atom. The summed E-state index contributed by atoms with van der Waals surface area (Å²) in [4.78, 5) is 27.2. The van der Waals surface area contributed by atoms with Crippen molar-refractivity contribution in [1.82, 2.24) is 14.5 Å². The molecule has 5 rings (SSSR count). The quantitative estimate of drug-likeness (QED) is 0.313. The molecule has 1 saturated heterocycles. The minimum Gasteiger partial charge on any atom is -0.493 e. The van der Waals surface area contributed by atoms with Crippen LogP contribution in [0.1, 0.15) is 27.0 Å². The molecular weight excluding hydrogens is 533 g/mol. The van der Waals surface area contributed by atoms with Crippen molar-refractivity contribution in [1.29, 1.82) is 0 Å². The third-order valence-electron chi connectivity index (χ3n) is 7.61. The highest BCUT2D eigenvalue weighted by Gasteiger charge is 2.25. The van der Waals surface area contributed by atoms with E-state index in [0.717, 1.165) is 39.5 Å². The van der Waals surface area contributed by atoms with Crippen molar-refractivity contribution in [3.63, 3.8) is 0 Å². The number of aryl methyl sites for hydroxylation is 3. The number of anilines is 1. The lowest BCUT2D eigenvalue weighted by Gasteiger charge is -2.36. The Kier molecular flexibility index (Phi) is 8.29. The zero-order valence-corrected chi connectivity index (χ0v) is 24.9. The highest BCUT2D eigenvalue weighted by molar-refractivity contribution is 5.94. The molecule has 0 spiro atoms. The zero-order chi connectivity index (χ0) is 30.0. The van der Waals surface area contributed by atoms with Crippen LogP contribution in [0.25, 0.3) is 11.3 Å². The fraction of sp³-hybridized carbons (Fsp3) is 0.303. The number of methoxy groups -OCH3 is 2. The average molecular weight is 570 g/mol. The number of hydrogen-bond donors (Lipinski definition) is 0. The lowest BCUT2D eigenvalue weighted by molar-refractivity contribution is 0.0746.